The number of rotatable bonds is 4. The highest BCUT2D eigenvalue weighted by Crippen LogP contribution is 2.30. The van der Waals surface area contributed by atoms with Gasteiger partial charge in [0, 0.05) is 16.1 Å². The van der Waals surface area contributed by atoms with Gasteiger partial charge in [-0.05, 0) is 35.9 Å². The van der Waals surface area contributed by atoms with Gasteiger partial charge in [-0.25, -0.2) is 4.98 Å². The third-order valence-corrected chi connectivity index (χ3v) is 5.34. The Morgan fingerprint density at radius 2 is 1.65 bits per heavy atom. The fourth-order valence-electron chi connectivity index (χ4n) is 2.61. The van der Waals surface area contributed by atoms with E-state index >= 15 is 0 Å². The molecule has 126 valence electrons. The van der Waals surface area contributed by atoms with Crippen LogP contribution >= 0.6 is 22.9 Å². The second kappa shape index (κ2) is 7.24. The summed E-state index contributed by atoms with van der Waals surface area (Å²) >= 11 is 7.52. The van der Waals surface area contributed by atoms with E-state index in [4.69, 9.17) is 11.6 Å². The van der Waals surface area contributed by atoms with E-state index in [1.54, 1.807) is 35.6 Å². The van der Waals surface area contributed by atoms with Crippen molar-refractivity contribution in [1.29, 1.82) is 0 Å². The third kappa shape index (κ3) is 3.59. The number of thiazole rings is 1. The molecule has 26 heavy (non-hydrogen) atoms. The average Bonchev–Trinajstić information content (AvgIpc) is 3.12. The first-order chi connectivity index (χ1) is 12.7. The van der Waals surface area contributed by atoms with Gasteiger partial charge in [-0.1, -0.05) is 66.2 Å². The maximum absolute atomic E-state index is 12.3. The van der Waals surface area contributed by atoms with E-state index in [1.807, 2.05) is 54.6 Å². The van der Waals surface area contributed by atoms with Gasteiger partial charge < -0.3 is 0 Å². The second-order valence-corrected chi connectivity index (χ2v) is 7.28. The number of allylic oxidation sites excluding steroid dienone is 1. The predicted octanol–water partition coefficient (Wildman–Crippen LogP) is 6.51. The average molecular weight is 376 g/mol. The highest BCUT2D eigenvalue weighted by molar-refractivity contribution is 7.21. The van der Waals surface area contributed by atoms with E-state index in [0.717, 1.165) is 26.4 Å². The molecule has 1 aromatic heterocycles. The molecule has 0 saturated heterocycles. The molecular weight excluding hydrogens is 362 g/mol. The van der Waals surface area contributed by atoms with Gasteiger partial charge in [-0.15, -0.1) is 11.3 Å². The van der Waals surface area contributed by atoms with Crippen LogP contribution in [0.4, 0.5) is 0 Å². The first-order valence-electron chi connectivity index (χ1n) is 8.13. The van der Waals surface area contributed by atoms with E-state index in [1.165, 1.54) is 0 Å². The Hall–Kier alpha value is -2.75. The molecule has 0 spiro atoms. The van der Waals surface area contributed by atoms with E-state index in [-0.39, 0.29) is 5.78 Å². The lowest BCUT2D eigenvalue weighted by molar-refractivity contribution is 0.104. The zero-order valence-electron chi connectivity index (χ0n) is 13.7. The number of nitrogens with zero attached hydrogens (tertiary/aromatic N) is 1. The largest absolute Gasteiger partial charge is 0.289 e. The number of carbonyl (C=O) groups excluding carboxylic acids is 1. The van der Waals surface area contributed by atoms with Crippen molar-refractivity contribution in [3.63, 3.8) is 0 Å². The van der Waals surface area contributed by atoms with Crippen LogP contribution in [-0.4, -0.2) is 10.8 Å². The van der Waals surface area contributed by atoms with Gasteiger partial charge in [0.05, 0.1) is 10.2 Å². The fraction of sp³-hybridized carbons (Fsp3) is 0. The molecule has 0 saturated carbocycles. The Labute approximate surface area is 160 Å². The summed E-state index contributed by atoms with van der Waals surface area (Å²) in [5, 5.41) is 1.64. The molecule has 2 nitrogen and oxygen atoms in total. The van der Waals surface area contributed by atoms with Crippen LogP contribution in [0.25, 0.3) is 26.9 Å². The van der Waals surface area contributed by atoms with E-state index in [2.05, 4.69) is 11.1 Å². The van der Waals surface area contributed by atoms with Crippen LogP contribution in [0.1, 0.15) is 15.9 Å². The molecule has 0 aliphatic carbocycles. The minimum absolute atomic E-state index is 0.0317. The van der Waals surface area contributed by atoms with Crippen molar-refractivity contribution in [3.05, 3.63) is 95.0 Å². The number of hydrogen-bond acceptors (Lipinski definition) is 3. The van der Waals surface area contributed by atoms with Crippen molar-refractivity contribution in [2.75, 3.05) is 0 Å². The maximum atomic E-state index is 12.3. The molecule has 1 heterocycles. The van der Waals surface area contributed by atoms with Crippen LogP contribution in [0.3, 0.4) is 0 Å². The van der Waals surface area contributed by atoms with E-state index in [9.17, 15) is 4.79 Å². The molecule has 3 aromatic carbocycles. The molecule has 0 amide bonds. The first kappa shape index (κ1) is 16.7. The van der Waals surface area contributed by atoms with Crippen molar-refractivity contribution >= 4 is 45.0 Å². The molecule has 0 fully saturated rings. The third-order valence-electron chi connectivity index (χ3n) is 4.01. The molecule has 0 N–H and O–H groups in total. The highest BCUT2D eigenvalue weighted by atomic mass is 35.5. The molecule has 0 atom stereocenters. The summed E-state index contributed by atoms with van der Waals surface area (Å²) in [4.78, 5) is 17.0. The van der Waals surface area contributed by atoms with Gasteiger partial charge in [0.25, 0.3) is 0 Å². The van der Waals surface area contributed by atoms with Crippen LogP contribution in [0.15, 0.2) is 78.9 Å². The monoisotopic (exact) mass is 375 g/mol. The standard InChI is InChI=1S/C22H14ClNOS/c23-18-12-5-15(6-13-18)7-14-20(25)16-8-10-17(11-9-16)22-24-19-3-1-2-4-21(19)26-22/h1-14H. The predicted molar refractivity (Wildman–Crippen MR) is 110 cm³/mol. The summed E-state index contributed by atoms with van der Waals surface area (Å²) < 4.78 is 1.16. The van der Waals surface area contributed by atoms with Gasteiger partial charge in [-0.2, -0.15) is 0 Å². The molecule has 0 aliphatic rings. The molecule has 0 radical (unpaired) electrons. The Kier molecular flexibility index (Phi) is 4.65. The summed E-state index contributed by atoms with van der Waals surface area (Å²) in [6, 6.07) is 23.0. The fourth-order valence-corrected chi connectivity index (χ4v) is 3.71. The molecular formula is C22H14ClNOS. The molecule has 4 heteroatoms. The topological polar surface area (TPSA) is 30.0 Å². The summed E-state index contributed by atoms with van der Waals surface area (Å²) in [6.45, 7) is 0. The van der Waals surface area contributed by atoms with Crippen molar-refractivity contribution in [2.24, 2.45) is 0 Å². The number of para-hydroxylation sites is 1. The quantitative estimate of drug-likeness (QED) is 0.300. The van der Waals surface area contributed by atoms with Crippen molar-refractivity contribution in [3.8, 4) is 10.6 Å². The number of aromatic nitrogens is 1. The van der Waals surface area contributed by atoms with Gasteiger partial charge in [0.15, 0.2) is 5.78 Å². The number of benzene rings is 3. The summed E-state index contributed by atoms with van der Waals surface area (Å²) in [6.07, 6.45) is 3.37. The van der Waals surface area contributed by atoms with Gasteiger partial charge in [0.1, 0.15) is 5.01 Å². The first-order valence-corrected chi connectivity index (χ1v) is 9.32. The Morgan fingerprint density at radius 3 is 2.38 bits per heavy atom. The molecule has 4 rings (SSSR count). The smallest absolute Gasteiger partial charge is 0.185 e. The van der Waals surface area contributed by atoms with Gasteiger partial charge in [-0.3, -0.25) is 4.79 Å². The zero-order chi connectivity index (χ0) is 17.9. The normalized spacial score (nSPS) is 11.3. The number of carbonyl (C=O) groups is 1. The van der Waals surface area contributed by atoms with E-state index in [0.29, 0.717) is 10.6 Å². The maximum Gasteiger partial charge on any atom is 0.185 e. The Balaban J connectivity index is 1.53. The minimum Gasteiger partial charge on any atom is -0.289 e. The molecule has 0 aliphatic heterocycles. The van der Waals surface area contributed by atoms with Crippen LogP contribution in [0.5, 0.6) is 0 Å². The summed E-state index contributed by atoms with van der Waals surface area (Å²) in [5.74, 6) is -0.0317. The van der Waals surface area contributed by atoms with Crippen LogP contribution < -0.4 is 0 Å². The van der Waals surface area contributed by atoms with Gasteiger partial charge >= 0.3 is 0 Å². The lowest BCUT2D eigenvalue weighted by atomic mass is 10.1. The summed E-state index contributed by atoms with van der Waals surface area (Å²) in [5.41, 5.74) is 3.61. The molecule has 0 unspecified atom stereocenters. The van der Waals surface area contributed by atoms with Crippen LogP contribution in [-0.2, 0) is 0 Å². The second-order valence-electron chi connectivity index (χ2n) is 5.81. The zero-order valence-corrected chi connectivity index (χ0v) is 15.3. The van der Waals surface area contributed by atoms with Crippen molar-refractivity contribution < 1.29 is 4.79 Å². The number of halogens is 1. The Morgan fingerprint density at radius 1 is 0.923 bits per heavy atom. The SMILES string of the molecule is O=C(C=Cc1ccc(Cl)cc1)c1ccc(-c2nc3ccccc3s2)cc1. The Bertz CT molecular complexity index is 1060. The molecule has 0 bridgehead atoms. The minimum atomic E-state index is -0.0317. The molecule has 4 aromatic rings. The lowest BCUT2D eigenvalue weighted by Crippen LogP contribution is -1.93. The van der Waals surface area contributed by atoms with Crippen LogP contribution in [0, 0.1) is 0 Å². The summed E-state index contributed by atoms with van der Waals surface area (Å²) in [7, 11) is 0. The van der Waals surface area contributed by atoms with Crippen molar-refractivity contribution in [1.82, 2.24) is 4.98 Å². The van der Waals surface area contributed by atoms with E-state index < -0.39 is 0 Å². The highest BCUT2D eigenvalue weighted by Gasteiger charge is 2.07. The number of hydrogen-bond donors (Lipinski definition) is 0. The number of ketones is 1. The van der Waals surface area contributed by atoms with Crippen molar-refractivity contribution in [2.45, 2.75) is 0 Å². The van der Waals surface area contributed by atoms with Gasteiger partial charge in [0.2, 0.25) is 0 Å². The lowest BCUT2D eigenvalue weighted by Gasteiger charge is -1.99. The van der Waals surface area contributed by atoms with Crippen LogP contribution in [0.2, 0.25) is 5.02 Å². The number of fused-ring (bicyclic) bond motifs is 1.